The molecule has 1 unspecified atom stereocenters. The Bertz CT molecular complexity index is 733. The molecule has 1 atom stereocenters. The van der Waals surface area contributed by atoms with Crippen LogP contribution in [0.3, 0.4) is 0 Å². The van der Waals surface area contributed by atoms with Crippen LogP contribution in [0.2, 0.25) is 0 Å². The minimum absolute atomic E-state index is 0.0574. The van der Waals surface area contributed by atoms with Gasteiger partial charge in [0, 0.05) is 19.3 Å². The van der Waals surface area contributed by atoms with Crippen LogP contribution in [0.15, 0.2) is 36.7 Å². The molecule has 1 aliphatic heterocycles. The van der Waals surface area contributed by atoms with Crippen molar-refractivity contribution >= 4 is 5.91 Å². The summed E-state index contributed by atoms with van der Waals surface area (Å²) in [6.07, 6.45) is 4.03. The smallest absolute Gasteiger partial charge is 0.256 e. The first kappa shape index (κ1) is 15.6. The fourth-order valence-corrected chi connectivity index (χ4v) is 3.00. The summed E-state index contributed by atoms with van der Waals surface area (Å²) in [6, 6.07) is 6.66. The van der Waals surface area contributed by atoms with Gasteiger partial charge in [-0.05, 0) is 48.9 Å². The molecule has 0 radical (unpaired) electrons. The average molecular weight is 316 g/mol. The van der Waals surface area contributed by atoms with Crippen LogP contribution in [0.1, 0.15) is 27.9 Å². The van der Waals surface area contributed by atoms with Gasteiger partial charge >= 0.3 is 0 Å². The van der Waals surface area contributed by atoms with Crippen LogP contribution in [-0.2, 0) is 6.42 Å². The molecule has 3 rings (SSSR count). The lowest BCUT2D eigenvalue weighted by Crippen LogP contribution is -2.29. The maximum absolute atomic E-state index is 13.7. The molecule has 0 spiro atoms. The topological polar surface area (TPSA) is 33.2 Å². The highest BCUT2D eigenvalue weighted by Crippen LogP contribution is 2.23. The van der Waals surface area contributed by atoms with Gasteiger partial charge in [0.15, 0.2) is 5.82 Å². The summed E-state index contributed by atoms with van der Waals surface area (Å²) in [6.45, 7) is 2.90. The number of hydrogen-bond donors (Lipinski definition) is 0. The van der Waals surface area contributed by atoms with Crippen LogP contribution >= 0.6 is 0 Å². The normalized spacial score (nSPS) is 17.5. The minimum atomic E-state index is -0.596. The fourth-order valence-electron chi connectivity index (χ4n) is 3.00. The highest BCUT2D eigenvalue weighted by molar-refractivity contribution is 5.94. The number of benzene rings is 1. The number of aryl methyl sites for hydroxylation is 1. The van der Waals surface area contributed by atoms with Crippen LogP contribution in [0.4, 0.5) is 8.78 Å². The van der Waals surface area contributed by atoms with Crippen molar-refractivity contribution < 1.29 is 13.6 Å². The summed E-state index contributed by atoms with van der Waals surface area (Å²) in [5.41, 5.74) is 1.62. The molecule has 5 heteroatoms. The van der Waals surface area contributed by atoms with Crippen molar-refractivity contribution in [1.29, 1.82) is 0 Å². The number of likely N-dealkylation sites (tertiary alicyclic amines) is 1. The van der Waals surface area contributed by atoms with E-state index in [1.165, 1.54) is 12.3 Å². The number of halogens is 2. The molecule has 1 aliphatic rings. The summed E-state index contributed by atoms with van der Waals surface area (Å²) in [5.74, 6) is -0.831. The van der Waals surface area contributed by atoms with Gasteiger partial charge in [0.05, 0.1) is 11.8 Å². The second-order valence-corrected chi connectivity index (χ2v) is 6.05. The van der Waals surface area contributed by atoms with Gasteiger partial charge in [0.1, 0.15) is 5.82 Å². The van der Waals surface area contributed by atoms with E-state index in [1.54, 1.807) is 24.0 Å². The van der Waals surface area contributed by atoms with Gasteiger partial charge in [-0.2, -0.15) is 0 Å². The van der Waals surface area contributed by atoms with Crippen molar-refractivity contribution in [3.05, 3.63) is 65.0 Å². The van der Waals surface area contributed by atoms with Gasteiger partial charge in [-0.25, -0.2) is 8.78 Å². The number of carbonyl (C=O) groups excluding carboxylic acids is 1. The van der Waals surface area contributed by atoms with Crippen molar-refractivity contribution in [3.8, 4) is 0 Å². The van der Waals surface area contributed by atoms with E-state index >= 15 is 0 Å². The van der Waals surface area contributed by atoms with Gasteiger partial charge in [0.2, 0.25) is 0 Å². The molecule has 2 heterocycles. The quantitative estimate of drug-likeness (QED) is 0.870. The second-order valence-electron chi connectivity index (χ2n) is 6.05. The number of amides is 1. The van der Waals surface area contributed by atoms with Crippen LogP contribution in [0.25, 0.3) is 0 Å². The lowest BCUT2D eigenvalue weighted by molar-refractivity contribution is 0.0782. The lowest BCUT2D eigenvalue weighted by Gasteiger charge is -2.17. The molecule has 1 saturated heterocycles. The van der Waals surface area contributed by atoms with Crippen molar-refractivity contribution in [2.75, 3.05) is 13.1 Å². The number of hydrogen-bond acceptors (Lipinski definition) is 2. The standard InChI is InChI=1S/C18H18F2N2O/c1-12-2-3-13(9-16(12)19)8-14-5-7-22(11-14)18(23)15-4-6-21-10-17(15)20/h2-4,6,9-10,14H,5,7-8,11H2,1H3. The Morgan fingerprint density at radius 2 is 2.13 bits per heavy atom. The zero-order chi connectivity index (χ0) is 16.4. The van der Waals surface area contributed by atoms with E-state index in [1.807, 2.05) is 6.07 Å². The number of nitrogens with zero attached hydrogens (tertiary/aromatic N) is 2. The van der Waals surface area contributed by atoms with Crippen molar-refractivity contribution in [3.63, 3.8) is 0 Å². The zero-order valence-corrected chi connectivity index (χ0v) is 12.9. The van der Waals surface area contributed by atoms with Gasteiger partial charge in [-0.1, -0.05) is 12.1 Å². The van der Waals surface area contributed by atoms with E-state index in [0.29, 0.717) is 18.7 Å². The van der Waals surface area contributed by atoms with Gasteiger partial charge < -0.3 is 4.90 Å². The third-order valence-electron chi connectivity index (χ3n) is 4.34. The van der Waals surface area contributed by atoms with Gasteiger partial charge in [0.25, 0.3) is 5.91 Å². The molecule has 1 fully saturated rings. The van der Waals surface area contributed by atoms with Crippen molar-refractivity contribution in [2.45, 2.75) is 19.8 Å². The molecule has 0 bridgehead atoms. The molecule has 1 amide bonds. The highest BCUT2D eigenvalue weighted by Gasteiger charge is 2.28. The molecular formula is C18H18F2N2O. The third-order valence-corrected chi connectivity index (χ3v) is 4.34. The summed E-state index contributed by atoms with van der Waals surface area (Å²) < 4.78 is 27.3. The first-order valence-electron chi connectivity index (χ1n) is 7.68. The minimum Gasteiger partial charge on any atom is -0.338 e. The average Bonchev–Trinajstić information content (AvgIpc) is 2.99. The second kappa shape index (κ2) is 6.44. The molecule has 23 heavy (non-hydrogen) atoms. The number of carbonyl (C=O) groups is 1. The summed E-state index contributed by atoms with van der Waals surface area (Å²) in [5, 5.41) is 0. The van der Waals surface area contributed by atoms with E-state index in [0.717, 1.165) is 24.6 Å². The fraction of sp³-hybridized carbons (Fsp3) is 0.333. The molecular weight excluding hydrogens is 298 g/mol. The van der Waals surface area contributed by atoms with E-state index in [2.05, 4.69) is 4.98 Å². The Kier molecular flexibility index (Phi) is 4.37. The van der Waals surface area contributed by atoms with E-state index in [9.17, 15) is 13.6 Å². The largest absolute Gasteiger partial charge is 0.338 e. The Balaban J connectivity index is 1.65. The molecule has 0 aliphatic carbocycles. The van der Waals surface area contributed by atoms with E-state index in [4.69, 9.17) is 0 Å². The maximum Gasteiger partial charge on any atom is 0.256 e. The SMILES string of the molecule is Cc1ccc(CC2CCN(C(=O)c3ccncc3F)C2)cc1F. The molecule has 0 N–H and O–H groups in total. The van der Waals surface area contributed by atoms with Gasteiger partial charge in [-0.3, -0.25) is 9.78 Å². The summed E-state index contributed by atoms with van der Waals surface area (Å²) in [4.78, 5) is 17.7. The third kappa shape index (κ3) is 3.38. The summed E-state index contributed by atoms with van der Waals surface area (Å²) in [7, 11) is 0. The lowest BCUT2D eigenvalue weighted by atomic mass is 9.98. The Morgan fingerprint density at radius 3 is 2.87 bits per heavy atom. The molecule has 0 saturated carbocycles. The van der Waals surface area contributed by atoms with Crippen LogP contribution < -0.4 is 0 Å². The van der Waals surface area contributed by atoms with Crippen LogP contribution in [0, 0.1) is 24.5 Å². The van der Waals surface area contributed by atoms with Gasteiger partial charge in [-0.15, -0.1) is 0 Å². The first-order valence-corrected chi connectivity index (χ1v) is 7.68. The first-order chi connectivity index (χ1) is 11.0. The monoisotopic (exact) mass is 316 g/mol. The number of aromatic nitrogens is 1. The molecule has 1 aromatic carbocycles. The zero-order valence-electron chi connectivity index (χ0n) is 12.9. The van der Waals surface area contributed by atoms with E-state index < -0.39 is 5.82 Å². The Hall–Kier alpha value is -2.30. The van der Waals surface area contributed by atoms with E-state index in [-0.39, 0.29) is 23.2 Å². The predicted molar refractivity (Wildman–Crippen MR) is 83.0 cm³/mol. The molecule has 120 valence electrons. The number of pyridine rings is 1. The van der Waals surface area contributed by atoms with Crippen LogP contribution in [0.5, 0.6) is 0 Å². The predicted octanol–water partition coefficient (Wildman–Crippen LogP) is 3.37. The number of rotatable bonds is 3. The molecule has 2 aromatic rings. The Labute approximate surface area is 134 Å². The Morgan fingerprint density at radius 1 is 1.30 bits per heavy atom. The van der Waals surface area contributed by atoms with Crippen LogP contribution in [-0.4, -0.2) is 28.9 Å². The van der Waals surface area contributed by atoms with Crippen molar-refractivity contribution in [2.24, 2.45) is 5.92 Å². The molecule has 1 aromatic heterocycles. The maximum atomic E-state index is 13.7. The molecule has 3 nitrogen and oxygen atoms in total. The summed E-state index contributed by atoms with van der Waals surface area (Å²) >= 11 is 0. The van der Waals surface area contributed by atoms with Crippen molar-refractivity contribution in [1.82, 2.24) is 9.88 Å². The highest BCUT2D eigenvalue weighted by atomic mass is 19.1.